The molecule has 0 N–H and O–H groups in total. The lowest BCUT2D eigenvalue weighted by Gasteiger charge is -2.12. The van der Waals surface area contributed by atoms with Crippen LogP contribution in [0, 0.1) is 0 Å². The number of hydrogen-bond donors (Lipinski definition) is 0. The minimum Gasteiger partial charge on any atom is -0.493 e. The summed E-state index contributed by atoms with van der Waals surface area (Å²) in [6.45, 7) is 0.790. The molecule has 92 valence electrons. The van der Waals surface area contributed by atoms with Crippen LogP contribution in [0.4, 0.5) is 5.69 Å². The number of fused-ring (bicyclic) bond motifs is 2. The molecule has 0 amide bonds. The molecule has 0 unspecified atom stereocenters. The lowest BCUT2D eigenvalue weighted by atomic mass is 10.1. The van der Waals surface area contributed by atoms with Crippen LogP contribution >= 0.6 is 0 Å². The maximum absolute atomic E-state index is 5.33. The molecule has 18 heavy (non-hydrogen) atoms. The van der Waals surface area contributed by atoms with Crippen LogP contribution in [0.2, 0.25) is 0 Å². The highest BCUT2D eigenvalue weighted by atomic mass is 16.5. The maximum Gasteiger partial charge on any atom is 0.162 e. The molecule has 2 aromatic rings. The van der Waals surface area contributed by atoms with Crippen LogP contribution in [0.25, 0.3) is 0 Å². The summed E-state index contributed by atoms with van der Waals surface area (Å²) in [7, 11) is 3.28. The van der Waals surface area contributed by atoms with Crippen molar-refractivity contribution in [3.63, 3.8) is 0 Å². The number of benzene rings is 1. The third-order valence-corrected chi connectivity index (χ3v) is 3.13. The molecular formula is C14H14N2O2. The van der Waals surface area contributed by atoms with Gasteiger partial charge in [0.15, 0.2) is 11.5 Å². The summed E-state index contributed by atoms with van der Waals surface area (Å²) in [4.78, 5) is 4.50. The van der Waals surface area contributed by atoms with Crippen LogP contribution in [0.3, 0.4) is 0 Å². The largest absolute Gasteiger partial charge is 0.493 e. The van der Waals surface area contributed by atoms with Gasteiger partial charge in [-0.3, -0.25) is 4.99 Å². The van der Waals surface area contributed by atoms with Crippen LogP contribution in [0.1, 0.15) is 11.3 Å². The smallest absolute Gasteiger partial charge is 0.162 e. The van der Waals surface area contributed by atoms with Crippen LogP contribution in [-0.4, -0.2) is 25.0 Å². The molecule has 1 aromatic carbocycles. The number of aromatic nitrogens is 1. The standard InChI is InChI=1S/C14H14N2O2/c1-17-13-6-10-9-16-5-3-4-11(16)8-15-12(10)7-14(13)18-2/h3-8H,9H2,1-2H3. The zero-order valence-corrected chi connectivity index (χ0v) is 10.4. The number of hydrogen-bond acceptors (Lipinski definition) is 3. The molecule has 0 fully saturated rings. The van der Waals surface area contributed by atoms with E-state index in [2.05, 4.69) is 9.56 Å². The lowest BCUT2D eigenvalue weighted by Crippen LogP contribution is -2.01. The predicted molar refractivity (Wildman–Crippen MR) is 70.3 cm³/mol. The molecule has 0 bridgehead atoms. The summed E-state index contributed by atoms with van der Waals surface area (Å²) in [5.74, 6) is 1.45. The third-order valence-electron chi connectivity index (χ3n) is 3.13. The molecule has 4 nitrogen and oxygen atoms in total. The van der Waals surface area contributed by atoms with Crippen LogP contribution in [0.15, 0.2) is 35.5 Å². The molecule has 1 aliphatic heterocycles. The van der Waals surface area contributed by atoms with Crippen molar-refractivity contribution in [2.75, 3.05) is 14.2 Å². The molecule has 0 spiro atoms. The fraction of sp³-hybridized carbons (Fsp3) is 0.214. The van der Waals surface area contributed by atoms with Gasteiger partial charge in [-0.25, -0.2) is 0 Å². The zero-order valence-electron chi connectivity index (χ0n) is 10.4. The Kier molecular flexibility index (Phi) is 2.55. The first kappa shape index (κ1) is 10.9. The van der Waals surface area contributed by atoms with Gasteiger partial charge in [0, 0.05) is 24.4 Å². The van der Waals surface area contributed by atoms with Crippen molar-refractivity contribution >= 4 is 11.9 Å². The topological polar surface area (TPSA) is 35.8 Å². The summed E-state index contributed by atoms with van der Waals surface area (Å²) in [6, 6.07) is 7.97. The Morgan fingerprint density at radius 3 is 2.72 bits per heavy atom. The minimum atomic E-state index is 0.708. The van der Waals surface area contributed by atoms with Gasteiger partial charge in [0.05, 0.1) is 31.8 Å². The summed E-state index contributed by atoms with van der Waals surface area (Å²) in [5.41, 5.74) is 3.15. The van der Waals surface area contributed by atoms with Crippen LogP contribution < -0.4 is 9.47 Å². The SMILES string of the molecule is COc1cc2c(cc1OC)N=Cc1cccn1C2. The van der Waals surface area contributed by atoms with Gasteiger partial charge in [0.2, 0.25) is 0 Å². The minimum absolute atomic E-state index is 0.708. The average Bonchev–Trinajstić information content (AvgIpc) is 2.77. The molecule has 1 aliphatic rings. The fourth-order valence-electron chi connectivity index (χ4n) is 2.16. The van der Waals surface area contributed by atoms with E-state index in [9.17, 15) is 0 Å². The molecule has 0 saturated carbocycles. The van der Waals surface area contributed by atoms with Crippen molar-refractivity contribution in [3.05, 3.63) is 41.7 Å². The quantitative estimate of drug-likeness (QED) is 0.692. The molecule has 3 rings (SSSR count). The normalized spacial score (nSPS) is 12.6. The van der Waals surface area contributed by atoms with Crippen LogP contribution in [-0.2, 0) is 6.54 Å². The van der Waals surface area contributed by atoms with E-state index in [1.807, 2.05) is 36.7 Å². The molecule has 1 aromatic heterocycles. The first-order valence-corrected chi connectivity index (χ1v) is 5.76. The molecule has 0 saturated heterocycles. The van der Waals surface area contributed by atoms with Crippen molar-refractivity contribution < 1.29 is 9.47 Å². The molecule has 0 radical (unpaired) electrons. The number of aliphatic imine (C=N–C) groups is 1. The molecule has 0 aliphatic carbocycles. The Labute approximate surface area is 105 Å². The lowest BCUT2D eigenvalue weighted by molar-refractivity contribution is 0.354. The maximum atomic E-state index is 5.33. The number of ether oxygens (including phenoxy) is 2. The van der Waals surface area contributed by atoms with E-state index in [1.165, 1.54) is 0 Å². The highest BCUT2D eigenvalue weighted by Crippen LogP contribution is 2.36. The van der Waals surface area contributed by atoms with E-state index in [1.54, 1.807) is 14.2 Å². The van der Waals surface area contributed by atoms with Gasteiger partial charge >= 0.3 is 0 Å². The molecule has 4 heteroatoms. The van der Waals surface area contributed by atoms with Gasteiger partial charge in [-0.1, -0.05) is 0 Å². The second-order valence-electron chi connectivity index (χ2n) is 4.16. The van der Waals surface area contributed by atoms with Crippen molar-refractivity contribution in [3.8, 4) is 11.5 Å². The summed E-state index contributed by atoms with van der Waals surface area (Å²) < 4.78 is 12.8. The monoisotopic (exact) mass is 242 g/mol. The molecule has 0 atom stereocenters. The summed E-state index contributed by atoms with van der Waals surface area (Å²) in [6.07, 6.45) is 3.92. The Hall–Kier alpha value is -2.23. The highest BCUT2D eigenvalue weighted by molar-refractivity contribution is 5.82. The summed E-state index contributed by atoms with van der Waals surface area (Å²) in [5, 5.41) is 0. The van der Waals surface area contributed by atoms with E-state index in [0.717, 1.165) is 29.2 Å². The first-order valence-electron chi connectivity index (χ1n) is 5.76. The Morgan fingerprint density at radius 2 is 1.94 bits per heavy atom. The Balaban J connectivity index is 2.13. The molecule has 2 heterocycles. The summed E-state index contributed by atoms with van der Waals surface area (Å²) >= 11 is 0. The zero-order chi connectivity index (χ0) is 12.5. The van der Waals surface area contributed by atoms with E-state index in [4.69, 9.17) is 9.47 Å². The second-order valence-corrected chi connectivity index (χ2v) is 4.16. The van der Waals surface area contributed by atoms with Gasteiger partial charge in [0.1, 0.15) is 0 Å². The Morgan fingerprint density at radius 1 is 1.17 bits per heavy atom. The van der Waals surface area contributed by atoms with Crippen molar-refractivity contribution in [2.45, 2.75) is 6.54 Å². The van der Waals surface area contributed by atoms with Gasteiger partial charge in [-0.15, -0.1) is 0 Å². The fourth-order valence-corrected chi connectivity index (χ4v) is 2.16. The highest BCUT2D eigenvalue weighted by Gasteiger charge is 2.14. The Bertz CT molecular complexity index is 614. The van der Waals surface area contributed by atoms with Gasteiger partial charge < -0.3 is 14.0 Å². The van der Waals surface area contributed by atoms with E-state index < -0.39 is 0 Å². The molecular weight excluding hydrogens is 228 g/mol. The first-order chi connectivity index (χ1) is 8.81. The van der Waals surface area contributed by atoms with E-state index >= 15 is 0 Å². The van der Waals surface area contributed by atoms with Gasteiger partial charge in [-0.2, -0.15) is 0 Å². The van der Waals surface area contributed by atoms with Crippen LogP contribution in [0.5, 0.6) is 11.5 Å². The number of rotatable bonds is 2. The predicted octanol–water partition coefficient (Wildman–Crippen LogP) is 2.62. The second kappa shape index (κ2) is 4.22. The van der Waals surface area contributed by atoms with E-state index in [0.29, 0.717) is 5.75 Å². The third kappa shape index (κ3) is 1.66. The van der Waals surface area contributed by atoms with Gasteiger partial charge in [-0.05, 0) is 18.2 Å². The van der Waals surface area contributed by atoms with Crippen molar-refractivity contribution in [1.29, 1.82) is 0 Å². The van der Waals surface area contributed by atoms with Crippen molar-refractivity contribution in [2.24, 2.45) is 4.99 Å². The van der Waals surface area contributed by atoms with Crippen molar-refractivity contribution in [1.82, 2.24) is 4.57 Å². The number of nitrogens with zero attached hydrogens (tertiary/aromatic N) is 2. The van der Waals surface area contributed by atoms with E-state index in [-0.39, 0.29) is 0 Å². The number of methoxy groups -OCH3 is 2. The average molecular weight is 242 g/mol. The van der Waals surface area contributed by atoms with Gasteiger partial charge in [0.25, 0.3) is 0 Å².